The predicted molar refractivity (Wildman–Crippen MR) is 127 cm³/mol. The predicted octanol–water partition coefficient (Wildman–Crippen LogP) is 5.22. The Bertz CT molecular complexity index is 1220. The molecule has 7 nitrogen and oxygen atoms in total. The number of fused-ring (bicyclic) bond motifs is 1. The van der Waals surface area contributed by atoms with Gasteiger partial charge >= 0.3 is 0 Å². The van der Waals surface area contributed by atoms with Gasteiger partial charge in [0, 0.05) is 46.4 Å². The van der Waals surface area contributed by atoms with E-state index < -0.39 is 17.5 Å². The SMILES string of the molecule is CC(Oc1cc(-c2cnn(C3CCC4COCC4(O)C3)c2)cnc1N)c1c(Cl)ccc(F)c1Cl. The van der Waals surface area contributed by atoms with Crippen LogP contribution in [0.2, 0.25) is 10.0 Å². The van der Waals surface area contributed by atoms with Crippen LogP contribution in [0.5, 0.6) is 5.75 Å². The largest absolute Gasteiger partial charge is 0.482 e. The van der Waals surface area contributed by atoms with E-state index >= 15 is 0 Å². The van der Waals surface area contributed by atoms with Gasteiger partial charge in [-0.05, 0) is 38.0 Å². The molecule has 0 bridgehead atoms. The second kappa shape index (κ2) is 9.00. The van der Waals surface area contributed by atoms with Gasteiger partial charge in [-0.1, -0.05) is 23.2 Å². The van der Waals surface area contributed by atoms with E-state index in [1.54, 1.807) is 25.4 Å². The Morgan fingerprint density at radius 2 is 2.12 bits per heavy atom. The number of benzene rings is 1. The summed E-state index contributed by atoms with van der Waals surface area (Å²) in [6, 6.07) is 4.49. The number of pyridine rings is 1. The number of aromatic nitrogens is 3. The number of hydrogen-bond donors (Lipinski definition) is 2. The quantitative estimate of drug-likeness (QED) is 0.460. The van der Waals surface area contributed by atoms with Gasteiger partial charge in [0.15, 0.2) is 11.6 Å². The van der Waals surface area contributed by atoms with Crippen molar-refractivity contribution in [3.8, 4) is 16.9 Å². The first kappa shape index (κ1) is 23.4. The molecule has 4 unspecified atom stereocenters. The standard InChI is InChI=1S/C24H25Cl2FN4O3/c1-13(21-18(25)4-5-19(27)22(21)26)34-20-6-14(8-29-23(20)28)15-9-30-31(10-15)17-3-2-16-11-33-12-24(16,32)7-17/h4-6,8-10,13,16-17,32H,2-3,7,11-12H2,1H3,(H2,28,29). The highest BCUT2D eigenvalue weighted by Crippen LogP contribution is 2.43. The van der Waals surface area contributed by atoms with Crippen LogP contribution >= 0.6 is 23.2 Å². The summed E-state index contributed by atoms with van der Waals surface area (Å²) in [5.41, 5.74) is 7.20. The van der Waals surface area contributed by atoms with Crippen LogP contribution in [-0.4, -0.2) is 38.7 Å². The van der Waals surface area contributed by atoms with Crippen molar-refractivity contribution in [3.05, 3.63) is 58.2 Å². The number of rotatable bonds is 5. The number of anilines is 1. The van der Waals surface area contributed by atoms with E-state index in [4.69, 9.17) is 38.4 Å². The molecule has 34 heavy (non-hydrogen) atoms. The molecule has 1 aliphatic carbocycles. The van der Waals surface area contributed by atoms with Gasteiger partial charge in [0.1, 0.15) is 11.9 Å². The number of aliphatic hydroxyl groups is 1. The van der Waals surface area contributed by atoms with E-state index in [0.717, 1.165) is 24.0 Å². The molecule has 3 heterocycles. The zero-order valence-electron chi connectivity index (χ0n) is 18.5. The third kappa shape index (κ3) is 4.24. The Hall–Kier alpha value is -2.39. The first-order chi connectivity index (χ1) is 16.2. The molecule has 0 radical (unpaired) electrons. The number of halogens is 3. The first-order valence-corrected chi connectivity index (χ1v) is 11.9. The lowest BCUT2D eigenvalue weighted by molar-refractivity contribution is -0.0413. The number of nitrogens with two attached hydrogens (primary N) is 1. The van der Waals surface area contributed by atoms with Gasteiger partial charge in [-0.3, -0.25) is 4.68 Å². The Kier molecular flexibility index (Phi) is 6.18. The van der Waals surface area contributed by atoms with Crippen LogP contribution in [0.15, 0.2) is 36.8 Å². The maximum Gasteiger partial charge on any atom is 0.166 e. The molecule has 180 valence electrons. The zero-order chi connectivity index (χ0) is 24.0. The summed E-state index contributed by atoms with van der Waals surface area (Å²) in [5.74, 6) is 0.133. The molecule has 2 aliphatic rings. The van der Waals surface area contributed by atoms with Crippen molar-refractivity contribution in [1.82, 2.24) is 14.8 Å². The summed E-state index contributed by atoms with van der Waals surface area (Å²) < 4.78 is 27.4. The van der Waals surface area contributed by atoms with Crippen LogP contribution < -0.4 is 10.5 Å². The van der Waals surface area contributed by atoms with Crippen molar-refractivity contribution >= 4 is 29.0 Å². The van der Waals surface area contributed by atoms with Gasteiger partial charge in [0.25, 0.3) is 0 Å². The summed E-state index contributed by atoms with van der Waals surface area (Å²) >= 11 is 12.4. The van der Waals surface area contributed by atoms with Gasteiger partial charge in [0.05, 0.1) is 36.1 Å². The van der Waals surface area contributed by atoms with Crippen molar-refractivity contribution in [3.63, 3.8) is 0 Å². The molecule has 4 atom stereocenters. The van der Waals surface area contributed by atoms with E-state index in [0.29, 0.717) is 36.0 Å². The number of nitrogen functional groups attached to an aromatic ring is 1. The number of hydrogen-bond acceptors (Lipinski definition) is 6. The summed E-state index contributed by atoms with van der Waals surface area (Å²) in [7, 11) is 0. The van der Waals surface area contributed by atoms with Crippen LogP contribution in [0.25, 0.3) is 11.1 Å². The van der Waals surface area contributed by atoms with Crippen LogP contribution in [0, 0.1) is 11.7 Å². The summed E-state index contributed by atoms with van der Waals surface area (Å²) in [6.07, 6.45) is 7.11. The summed E-state index contributed by atoms with van der Waals surface area (Å²) in [5, 5.41) is 15.7. The number of nitrogens with zero attached hydrogens (tertiary/aromatic N) is 3. The lowest BCUT2D eigenvalue weighted by Crippen LogP contribution is -2.43. The fourth-order valence-corrected chi connectivity index (χ4v) is 5.59. The minimum absolute atomic E-state index is 0.0893. The maximum atomic E-state index is 14.0. The van der Waals surface area contributed by atoms with Gasteiger partial charge in [0.2, 0.25) is 0 Å². The van der Waals surface area contributed by atoms with Crippen molar-refractivity contribution in [2.75, 3.05) is 18.9 Å². The molecule has 0 amide bonds. The lowest BCUT2D eigenvalue weighted by atomic mass is 9.75. The van der Waals surface area contributed by atoms with Gasteiger partial charge < -0.3 is 20.3 Å². The Morgan fingerprint density at radius 3 is 2.94 bits per heavy atom. The fourth-order valence-electron chi connectivity index (χ4n) is 4.92. The van der Waals surface area contributed by atoms with Crippen molar-refractivity contribution in [1.29, 1.82) is 0 Å². The summed E-state index contributed by atoms with van der Waals surface area (Å²) in [6.45, 7) is 2.71. The van der Waals surface area contributed by atoms with E-state index in [1.807, 2.05) is 10.9 Å². The van der Waals surface area contributed by atoms with E-state index in [9.17, 15) is 9.50 Å². The van der Waals surface area contributed by atoms with E-state index in [2.05, 4.69) is 10.1 Å². The minimum Gasteiger partial charge on any atom is -0.482 e. The molecule has 0 spiro atoms. The third-order valence-electron chi connectivity index (χ3n) is 6.85. The number of ether oxygens (including phenoxy) is 2. The molecule has 10 heteroatoms. The highest BCUT2D eigenvalue weighted by Gasteiger charge is 2.47. The molecule has 1 saturated carbocycles. The normalized spacial score (nSPS) is 25.2. The molecule has 2 fully saturated rings. The highest BCUT2D eigenvalue weighted by atomic mass is 35.5. The summed E-state index contributed by atoms with van der Waals surface area (Å²) in [4.78, 5) is 4.26. The van der Waals surface area contributed by atoms with Crippen molar-refractivity contribution in [2.45, 2.75) is 43.9 Å². The monoisotopic (exact) mass is 506 g/mol. The average molecular weight is 507 g/mol. The Morgan fingerprint density at radius 1 is 1.29 bits per heavy atom. The maximum absolute atomic E-state index is 14.0. The highest BCUT2D eigenvalue weighted by molar-refractivity contribution is 6.36. The molecular formula is C24H25Cl2FN4O3. The van der Waals surface area contributed by atoms with E-state index in [1.165, 1.54) is 12.1 Å². The van der Waals surface area contributed by atoms with E-state index in [-0.39, 0.29) is 22.8 Å². The smallest absolute Gasteiger partial charge is 0.166 e. The van der Waals surface area contributed by atoms with Crippen LogP contribution in [0.4, 0.5) is 10.2 Å². The Labute approximate surface area is 206 Å². The second-order valence-electron chi connectivity index (χ2n) is 9.08. The molecule has 1 aliphatic heterocycles. The minimum atomic E-state index is -0.783. The first-order valence-electron chi connectivity index (χ1n) is 11.2. The topological polar surface area (TPSA) is 95.4 Å². The zero-order valence-corrected chi connectivity index (χ0v) is 20.1. The lowest BCUT2D eigenvalue weighted by Gasteiger charge is -2.37. The molecule has 2 aromatic heterocycles. The average Bonchev–Trinajstić information content (AvgIpc) is 3.44. The van der Waals surface area contributed by atoms with Crippen LogP contribution in [-0.2, 0) is 4.74 Å². The molecule has 5 rings (SSSR count). The van der Waals surface area contributed by atoms with Crippen molar-refractivity contribution in [2.24, 2.45) is 5.92 Å². The molecule has 1 aromatic carbocycles. The third-order valence-corrected chi connectivity index (χ3v) is 7.56. The molecule has 3 N–H and O–H groups in total. The molecular weight excluding hydrogens is 482 g/mol. The van der Waals surface area contributed by atoms with Crippen molar-refractivity contribution < 1.29 is 19.0 Å². The molecule has 1 saturated heterocycles. The fraction of sp³-hybridized carbons (Fsp3) is 0.417. The van der Waals surface area contributed by atoms with Gasteiger partial charge in [-0.2, -0.15) is 5.10 Å². The van der Waals surface area contributed by atoms with Gasteiger partial charge in [-0.15, -0.1) is 0 Å². The van der Waals surface area contributed by atoms with Crippen LogP contribution in [0.1, 0.15) is 43.9 Å². The van der Waals surface area contributed by atoms with Crippen LogP contribution in [0.3, 0.4) is 0 Å². The second-order valence-corrected chi connectivity index (χ2v) is 9.87. The van der Waals surface area contributed by atoms with Gasteiger partial charge in [-0.25, -0.2) is 9.37 Å². The molecule has 3 aromatic rings. The Balaban J connectivity index is 1.37.